The highest BCUT2D eigenvalue weighted by molar-refractivity contribution is 7.96. The number of thiol groups is 1. The van der Waals surface area contributed by atoms with E-state index in [1.165, 1.54) is 5.56 Å². The molecule has 0 aliphatic rings. The van der Waals surface area contributed by atoms with Gasteiger partial charge in [0.2, 0.25) is 0 Å². The summed E-state index contributed by atoms with van der Waals surface area (Å²) in [5.41, 5.74) is 2.48. The van der Waals surface area contributed by atoms with Crippen LogP contribution >= 0.6 is 12.6 Å². The molecule has 1 aromatic carbocycles. The van der Waals surface area contributed by atoms with Gasteiger partial charge in [-0.15, -0.1) is 0 Å². The summed E-state index contributed by atoms with van der Waals surface area (Å²) in [6.07, 6.45) is 1.10. The largest absolute Gasteiger partial charge is 0.333 e. The molecule has 0 aliphatic heterocycles. The predicted molar refractivity (Wildman–Crippen MR) is 70.8 cm³/mol. The summed E-state index contributed by atoms with van der Waals surface area (Å²) in [5, 5.41) is -0.203. The molecule has 88 valence electrons. The number of hydrogen-bond donors (Lipinski definition) is 1. The zero-order chi connectivity index (χ0) is 12.1. The molecule has 3 heteroatoms. The van der Waals surface area contributed by atoms with Crippen LogP contribution in [0.25, 0.3) is 0 Å². The average Bonchev–Trinajstić information content (AvgIpc) is 2.20. The highest BCUT2D eigenvalue weighted by Crippen LogP contribution is 2.11. The smallest absolute Gasteiger partial charge is 0.278 e. The number of carbonyl (C=O) groups is 1. The molecule has 0 spiro atoms. The normalized spacial score (nSPS) is 10.6. The number of carbonyl (C=O) groups excluding carboxylic acids is 1. The molecule has 0 saturated heterocycles. The van der Waals surface area contributed by atoms with Crippen molar-refractivity contribution in [3.8, 4) is 0 Å². The van der Waals surface area contributed by atoms with Gasteiger partial charge in [0.15, 0.2) is 0 Å². The number of hydrogen-bond acceptors (Lipinski definition) is 1. The van der Waals surface area contributed by atoms with Crippen LogP contribution in [0.5, 0.6) is 0 Å². The Balaban J connectivity index is 2.61. The Labute approximate surface area is 103 Å². The first-order valence-corrected chi connectivity index (χ1v) is 5.95. The van der Waals surface area contributed by atoms with E-state index in [0.717, 1.165) is 12.0 Å². The monoisotopic (exact) mass is 237 g/mol. The van der Waals surface area contributed by atoms with Crippen molar-refractivity contribution in [2.24, 2.45) is 5.92 Å². The van der Waals surface area contributed by atoms with Gasteiger partial charge in [0.05, 0.1) is 0 Å². The lowest BCUT2D eigenvalue weighted by Crippen LogP contribution is -2.20. The van der Waals surface area contributed by atoms with Gasteiger partial charge in [-0.25, -0.2) is 0 Å². The Kier molecular flexibility index (Phi) is 4.87. The molecule has 2 nitrogen and oxygen atoms in total. The molecule has 0 N–H and O–H groups in total. The summed E-state index contributed by atoms with van der Waals surface area (Å²) in [7, 11) is 1.75. The molecule has 1 aromatic rings. The zero-order valence-electron chi connectivity index (χ0n) is 10.1. The lowest BCUT2D eigenvalue weighted by Gasteiger charge is -2.14. The van der Waals surface area contributed by atoms with Crippen LogP contribution in [0.4, 0.5) is 4.79 Å². The van der Waals surface area contributed by atoms with Crippen molar-refractivity contribution in [1.29, 1.82) is 0 Å². The molecule has 1 amide bonds. The van der Waals surface area contributed by atoms with Crippen molar-refractivity contribution in [3.63, 3.8) is 0 Å². The summed E-state index contributed by atoms with van der Waals surface area (Å²) in [4.78, 5) is 12.5. The van der Waals surface area contributed by atoms with Crippen molar-refractivity contribution in [1.82, 2.24) is 4.90 Å². The second-order valence-corrected chi connectivity index (χ2v) is 4.94. The SMILES string of the molecule is CC(C)Cc1ccc(CN(C)C(=O)S)cc1. The maximum atomic E-state index is 11.0. The molecule has 0 radical (unpaired) electrons. The maximum absolute atomic E-state index is 11.0. The third-order valence-electron chi connectivity index (χ3n) is 2.41. The van der Waals surface area contributed by atoms with E-state index in [-0.39, 0.29) is 5.24 Å². The highest BCUT2D eigenvalue weighted by atomic mass is 32.1. The first-order chi connectivity index (χ1) is 7.49. The van der Waals surface area contributed by atoms with E-state index in [2.05, 4.69) is 50.7 Å². The minimum Gasteiger partial charge on any atom is -0.333 e. The molecule has 0 saturated carbocycles. The fraction of sp³-hybridized carbons (Fsp3) is 0.462. The fourth-order valence-corrected chi connectivity index (χ4v) is 1.66. The van der Waals surface area contributed by atoms with Crippen LogP contribution in [0.15, 0.2) is 24.3 Å². The minimum absolute atomic E-state index is 0.203. The van der Waals surface area contributed by atoms with Crippen LogP contribution in [0.2, 0.25) is 0 Å². The van der Waals surface area contributed by atoms with Crippen molar-refractivity contribution in [3.05, 3.63) is 35.4 Å². The van der Waals surface area contributed by atoms with Crippen LogP contribution in [-0.2, 0) is 13.0 Å². The van der Waals surface area contributed by atoms with E-state index in [0.29, 0.717) is 12.5 Å². The van der Waals surface area contributed by atoms with Crippen molar-refractivity contribution >= 4 is 17.9 Å². The van der Waals surface area contributed by atoms with E-state index in [1.807, 2.05) is 0 Å². The molecule has 0 heterocycles. The molecule has 0 atom stereocenters. The molecule has 0 bridgehead atoms. The van der Waals surface area contributed by atoms with Crippen LogP contribution in [0.3, 0.4) is 0 Å². The van der Waals surface area contributed by atoms with Gasteiger partial charge >= 0.3 is 0 Å². The van der Waals surface area contributed by atoms with Crippen molar-refractivity contribution < 1.29 is 4.79 Å². The third kappa shape index (κ3) is 4.27. The molecular formula is C13H19NOS. The molecule has 0 aromatic heterocycles. The Morgan fingerprint density at radius 1 is 1.25 bits per heavy atom. The first kappa shape index (κ1) is 13.1. The van der Waals surface area contributed by atoms with Gasteiger partial charge in [-0.05, 0) is 23.5 Å². The Morgan fingerprint density at radius 3 is 2.19 bits per heavy atom. The Bertz CT molecular complexity index is 345. The predicted octanol–water partition coefficient (Wildman–Crippen LogP) is 3.37. The Morgan fingerprint density at radius 2 is 1.75 bits per heavy atom. The van der Waals surface area contributed by atoms with Crippen molar-refractivity contribution in [2.45, 2.75) is 26.8 Å². The van der Waals surface area contributed by atoms with Gasteiger partial charge in [0, 0.05) is 13.6 Å². The summed E-state index contributed by atoms with van der Waals surface area (Å²) < 4.78 is 0. The van der Waals surface area contributed by atoms with Gasteiger partial charge in [0.1, 0.15) is 0 Å². The first-order valence-electron chi connectivity index (χ1n) is 5.51. The molecule has 0 unspecified atom stereocenters. The quantitative estimate of drug-likeness (QED) is 0.796. The van der Waals surface area contributed by atoms with E-state index in [9.17, 15) is 4.79 Å². The van der Waals surface area contributed by atoms with Crippen LogP contribution in [0.1, 0.15) is 25.0 Å². The van der Waals surface area contributed by atoms with Gasteiger partial charge < -0.3 is 4.90 Å². The zero-order valence-corrected chi connectivity index (χ0v) is 11.0. The van der Waals surface area contributed by atoms with E-state index < -0.39 is 0 Å². The Hall–Kier alpha value is -0.960. The second kappa shape index (κ2) is 5.94. The molecule has 16 heavy (non-hydrogen) atoms. The van der Waals surface area contributed by atoms with E-state index >= 15 is 0 Å². The second-order valence-electron chi connectivity index (χ2n) is 4.55. The standard InChI is InChI=1S/C13H19NOS/c1-10(2)8-11-4-6-12(7-5-11)9-14(3)13(15)16/h4-7,10H,8-9H2,1-3H3,(H,15,16). The van der Waals surface area contributed by atoms with Gasteiger partial charge in [-0.2, -0.15) is 0 Å². The highest BCUT2D eigenvalue weighted by Gasteiger charge is 2.04. The van der Waals surface area contributed by atoms with E-state index in [4.69, 9.17) is 0 Å². The average molecular weight is 237 g/mol. The summed E-state index contributed by atoms with van der Waals surface area (Å²) in [6, 6.07) is 8.41. The number of benzene rings is 1. The number of nitrogens with zero attached hydrogens (tertiary/aromatic N) is 1. The van der Waals surface area contributed by atoms with Gasteiger partial charge in [-0.1, -0.05) is 50.7 Å². The maximum Gasteiger partial charge on any atom is 0.278 e. The topological polar surface area (TPSA) is 20.3 Å². The molecule has 0 fully saturated rings. The van der Waals surface area contributed by atoms with Crippen LogP contribution in [-0.4, -0.2) is 17.2 Å². The number of rotatable bonds is 4. The summed E-state index contributed by atoms with van der Waals surface area (Å²) in [6.45, 7) is 5.03. The summed E-state index contributed by atoms with van der Waals surface area (Å²) in [5.74, 6) is 0.674. The lowest BCUT2D eigenvalue weighted by molar-refractivity contribution is 0.232. The summed E-state index contributed by atoms with van der Waals surface area (Å²) >= 11 is 3.78. The fourth-order valence-electron chi connectivity index (χ4n) is 1.59. The number of amides is 1. The molecule has 1 rings (SSSR count). The molecule has 0 aliphatic carbocycles. The van der Waals surface area contributed by atoms with Gasteiger partial charge in [0.25, 0.3) is 5.24 Å². The van der Waals surface area contributed by atoms with Crippen molar-refractivity contribution in [2.75, 3.05) is 7.05 Å². The minimum atomic E-state index is -0.203. The van der Waals surface area contributed by atoms with Gasteiger partial charge in [-0.3, -0.25) is 4.79 Å². The third-order valence-corrected chi connectivity index (χ3v) is 2.75. The van der Waals surface area contributed by atoms with Crippen LogP contribution in [0, 0.1) is 5.92 Å². The van der Waals surface area contributed by atoms with E-state index in [1.54, 1.807) is 11.9 Å². The molecular weight excluding hydrogens is 218 g/mol. The van der Waals surface area contributed by atoms with Crippen LogP contribution < -0.4 is 0 Å². The lowest BCUT2D eigenvalue weighted by atomic mass is 10.0.